The number of hydrogen-bond donors (Lipinski definition) is 4. The van der Waals surface area contributed by atoms with Crippen LogP contribution in [0, 0.1) is 29.6 Å². The summed E-state index contributed by atoms with van der Waals surface area (Å²) in [6, 6.07) is -0.136. The molecule has 0 spiro atoms. The number of nitrogens with two attached hydrogens (primary N) is 1. The Bertz CT molecular complexity index is 555. The molecule has 4 aliphatic rings. The number of fused-ring (bicyclic) bond motifs is 1. The van der Waals surface area contributed by atoms with Crippen molar-refractivity contribution in [1.29, 1.82) is 0 Å². The van der Waals surface area contributed by atoms with E-state index in [9.17, 15) is 14.8 Å². The fourth-order valence-corrected chi connectivity index (χ4v) is 7.14. The number of nitrogens with zero attached hydrogens (tertiary/aromatic N) is 1. The molecule has 0 radical (unpaired) electrons. The minimum absolute atomic E-state index is 0.0707. The zero-order valence-corrected chi connectivity index (χ0v) is 17.8. The van der Waals surface area contributed by atoms with Gasteiger partial charge >= 0.3 is 7.12 Å². The SMILES string of the molecule is NCC1CCCC(C2CCN(C(=O)C3NCCC4C(B(O)O)CCCC34)CC2)C1. The van der Waals surface area contributed by atoms with Crippen molar-refractivity contribution in [1.82, 2.24) is 10.2 Å². The van der Waals surface area contributed by atoms with Gasteiger partial charge in [0.1, 0.15) is 0 Å². The second-order valence-corrected chi connectivity index (χ2v) is 10.2. The molecule has 2 aliphatic carbocycles. The van der Waals surface area contributed by atoms with Gasteiger partial charge in [0, 0.05) is 13.1 Å². The third kappa shape index (κ3) is 4.68. The molecule has 1 amide bonds. The molecule has 0 aromatic heterocycles. The van der Waals surface area contributed by atoms with E-state index in [-0.39, 0.29) is 29.6 Å². The van der Waals surface area contributed by atoms with Crippen molar-refractivity contribution in [2.45, 2.75) is 76.1 Å². The highest BCUT2D eigenvalue weighted by Crippen LogP contribution is 2.45. The highest BCUT2D eigenvalue weighted by molar-refractivity contribution is 6.43. The summed E-state index contributed by atoms with van der Waals surface area (Å²) in [4.78, 5) is 15.5. The first-order valence-electron chi connectivity index (χ1n) is 12.2. The molecule has 2 aliphatic heterocycles. The Kier molecular flexibility index (Phi) is 7.20. The highest BCUT2D eigenvalue weighted by atomic mass is 16.4. The predicted octanol–water partition coefficient (Wildman–Crippen LogP) is 1.61. The van der Waals surface area contributed by atoms with Crippen molar-refractivity contribution < 1.29 is 14.8 Å². The second kappa shape index (κ2) is 9.67. The van der Waals surface area contributed by atoms with Gasteiger partial charge in [0.2, 0.25) is 5.91 Å². The first kappa shape index (κ1) is 21.6. The number of carbonyl (C=O) groups excluding carboxylic acids is 1. The molecule has 2 saturated heterocycles. The lowest BCUT2D eigenvalue weighted by Gasteiger charge is -2.47. The summed E-state index contributed by atoms with van der Waals surface area (Å²) < 4.78 is 0. The van der Waals surface area contributed by atoms with E-state index in [0.717, 1.165) is 76.5 Å². The van der Waals surface area contributed by atoms with Gasteiger partial charge < -0.3 is 26.0 Å². The molecular formula is C22H40BN3O3. The normalized spacial score (nSPS) is 39.1. The van der Waals surface area contributed by atoms with Crippen LogP contribution < -0.4 is 11.1 Å². The molecule has 4 rings (SSSR count). The molecule has 0 bridgehead atoms. The number of rotatable bonds is 4. The number of piperidine rings is 2. The maximum absolute atomic E-state index is 13.4. The summed E-state index contributed by atoms with van der Waals surface area (Å²) in [5.41, 5.74) is 5.93. The smallest absolute Gasteiger partial charge is 0.427 e. The van der Waals surface area contributed by atoms with Crippen molar-refractivity contribution in [3.05, 3.63) is 0 Å². The minimum Gasteiger partial charge on any atom is -0.427 e. The van der Waals surface area contributed by atoms with Crippen LogP contribution >= 0.6 is 0 Å². The van der Waals surface area contributed by atoms with E-state index in [1.807, 2.05) is 0 Å². The van der Waals surface area contributed by atoms with E-state index < -0.39 is 7.12 Å². The first-order valence-corrected chi connectivity index (χ1v) is 12.2. The van der Waals surface area contributed by atoms with E-state index in [2.05, 4.69) is 10.2 Å². The quantitative estimate of drug-likeness (QED) is 0.533. The van der Waals surface area contributed by atoms with Crippen LogP contribution in [-0.4, -0.2) is 60.2 Å². The third-order valence-electron chi connectivity index (χ3n) is 8.77. The van der Waals surface area contributed by atoms with Crippen LogP contribution in [0.25, 0.3) is 0 Å². The van der Waals surface area contributed by atoms with Crippen molar-refractivity contribution in [3.8, 4) is 0 Å². The van der Waals surface area contributed by atoms with Crippen LogP contribution in [0.2, 0.25) is 5.82 Å². The van der Waals surface area contributed by atoms with Crippen LogP contribution in [0.5, 0.6) is 0 Å². The van der Waals surface area contributed by atoms with Crippen LogP contribution in [0.15, 0.2) is 0 Å². The zero-order valence-electron chi connectivity index (χ0n) is 17.8. The molecule has 164 valence electrons. The Morgan fingerprint density at radius 2 is 1.72 bits per heavy atom. The Morgan fingerprint density at radius 1 is 0.966 bits per heavy atom. The lowest BCUT2D eigenvalue weighted by molar-refractivity contribution is -0.138. The maximum Gasteiger partial charge on any atom is 0.455 e. The van der Waals surface area contributed by atoms with Crippen LogP contribution in [0.3, 0.4) is 0 Å². The molecule has 2 heterocycles. The summed E-state index contributed by atoms with van der Waals surface area (Å²) >= 11 is 0. The molecule has 6 atom stereocenters. The average molecular weight is 405 g/mol. The second-order valence-electron chi connectivity index (χ2n) is 10.2. The molecule has 0 aromatic rings. The van der Waals surface area contributed by atoms with Crippen molar-refractivity contribution >= 4 is 13.0 Å². The van der Waals surface area contributed by atoms with Gasteiger partial charge in [-0.3, -0.25) is 4.79 Å². The lowest BCUT2D eigenvalue weighted by Crippen LogP contribution is -2.58. The molecule has 5 N–H and O–H groups in total. The van der Waals surface area contributed by atoms with Gasteiger partial charge in [0.25, 0.3) is 0 Å². The summed E-state index contributed by atoms with van der Waals surface area (Å²) in [6.07, 6.45) is 11.3. The van der Waals surface area contributed by atoms with Crippen molar-refractivity contribution in [2.75, 3.05) is 26.2 Å². The average Bonchev–Trinajstić information content (AvgIpc) is 2.77. The van der Waals surface area contributed by atoms with Crippen LogP contribution in [-0.2, 0) is 4.79 Å². The van der Waals surface area contributed by atoms with E-state index >= 15 is 0 Å². The molecule has 7 heteroatoms. The molecule has 6 nitrogen and oxygen atoms in total. The Morgan fingerprint density at radius 3 is 2.45 bits per heavy atom. The highest BCUT2D eigenvalue weighted by Gasteiger charge is 2.47. The minimum atomic E-state index is -1.25. The van der Waals surface area contributed by atoms with Gasteiger partial charge in [-0.15, -0.1) is 0 Å². The number of likely N-dealkylation sites (tertiary alicyclic amines) is 1. The zero-order chi connectivity index (χ0) is 20.4. The summed E-state index contributed by atoms with van der Waals surface area (Å²) in [7, 11) is -1.25. The summed E-state index contributed by atoms with van der Waals surface area (Å²) in [5, 5.41) is 23.1. The Balaban J connectivity index is 1.33. The molecule has 29 heavy (non-hydrogen) atoms. The molecule has 4 fully saturated rings. The molecule has 2 saturated carbocycles. The molecular weight excluding hydrogens is 365 g/mol. The van der Waals surface area contributed by atoms with E-state index in [1.165, 1.54) is 25.7 Å². The number of carbonyl (C=O) groups is 1. The number of amides is 1. The largest absolute Gasteiger partial charge is 0.455 e. The predicted molar refractivity (Wildman–Crippen MR) is 115 cm³/mol. The maximum atomic E-state index is 13.4. The topological polar surface area (TPSA) is 98.8 Å². The van der Waals surface area contributed by atoms with E-state index in [1.54, 1.807) is 0 Å². The van der Waals surface area contributed by atoms with Crippen LogP contribution in [0.1, 0.15) is 64.2 Å². The van der Waals surface area contributed by atoms with Crippen molar-refractivity contribution in [3.63, 3.8) is 0 Å². The van der Waals surface area contributed by atoms with Gasteiger partial charge in [0.15, 0.2) is 0 Å². The Hall–Kier alpha value is -0.625. The lowest BCUT2D eigenvalue weighted by atomic mass is 9.54. The Labute approximate surface area is 176 Å². The van der Waals surface area contributed by atoms with Gasteiger partial charge in [-0.25, -0.2) is 0 Å². The molecule has 0 aromatic carbocycles. The van der Waals surface area contributed by atoms with Crippen molar-refractivity contribution in [2.24, 2.45) is 35.3 Å². The molecule has 6 unspecified atom stereocenters. The van der Waals surface area contributed by atoms with Crippen LogP contribution in [0.4, 0.5) is 0 Å². The fraction of sp³-hybridized carbons (Fsp3) is 0.955. The van der Waals surface area contributed by atoms with Gasteiger partial charge in [-0.1, -0.05) is 25.7 Å². The number of hydrogen-bond acceptors (Lipinski definition) is 5. The fourth-order valence-electron chi connectivity index (χ4n) is 7.14. The number of nitrogens with one attached hydrogen (secondary N) is 1. The van der Waals surface area contributed by atoms with E-state index in [4.69, 9.17) is 5.73 Å². The summed E-state index contributed by atoms with van der Waals surface area (Å²) in [5.74, 6) is 2.96. The first-order chi connectivity index (χ1) is 14.1. The summed E-state index contributed by atoms with van der Waals surface area (Å²) in [6.45, 7) is 3.40. The van der Waals surface area contributed by atoms with Gasteiger partial charge in [-0.2, -0.15) is 0 Å². The standard InChI is InChI=1S/C22H40BN3O3/c24-14-15-3-1-4-17(13-15)16-8-11-26(12-9-16)22(27)21-19-5-2-6-20(23(28)29)18(19)7-10-25-21/h15-21,25,28-29H,1-14,24H2. The van der Waals surface area contributed by atoms with E-state index in [0.29, 0.717) is 5.92 Å². The third-order valence-corrected chi connectivity index (χ3v) is 8.77. The monoisotopic (exact) mass is 405 g/mol. The van der Waals surface area contributed by atoms with Gasteiger partial charge in [0.05, 0.1) is 6.04 Å². The van der Waals surface area contributed by atoms with Gasteiger partial charge in [-0.05, 0) is 87.0 Å².